The molecule has 0 amide bonds. The van der Waals surface area contributed by atoms with E-state index in [1.54, 1.807) is 0 Å². The molecule has 2 heterocycles. The van der Waals surface area contributed by atoms with Gasteiger partial charge in [0.15, 0.2) is 17.4 Å². The molecule has 26 heavy (non-hydrogen) atoms. The van der Waals surface area contributed by atoms with Crippen molar-refractivity contribution in [3.63, 3.8) is 0 Å². The summed E-state index contributed by atoms with van der Waals surface area (Å²) in [6.07, 6.45) is 3.11. The maximum atomic E-state index is 14.3. The Morgan fingerprint density at radius 3 is 2.62 bits per heavy atom. The molecule has 0 radical (unpaired) electrons. The summed E-state index contributed by atoms with van der Waals surface area (Å²) in [5.41, 5.74) is 0.287. The minimum Gasteiger partial charge on any atom is -0.488 e. The highest BCUT2D eigenvalue weighted by Crippen LogP contribution is 2.28. The average Bonchev–Trinajstić information content (AvgIpc) is 3.01. The Labute approximate surface area is 151 Å². The second-order valence-corrected chi connectivity index (χ2v) is 6.68. The van der Waals surface area contributed by atoms with Gasteiger partial charge in [-0.05, 0) is 50.9 Å². The van der Waals surface area contributed by atoms with Crippen LogP contribution >= 0.6 is 0 Å². The van der Waals surface area contributed by atoms with E-state index in [-0.39, 0.29) is 23.5 Å². The number of likely N-dealkylation sites (tertiary alicyclic amines) is 1. The molecule has 1 unspecified atom stereocenters. The van der Waals surface area contributed by atoms with E-state index in [1.165, 1.54) is 44.2 Å². The van der Waals surface area contributed by atoms with E-state index in [0.29, 0.717) is 18.2 Å². The molecule has 1 saturated heterocycles. The molecule has 0 spiro atoms. The van der Waals surface area contributed by atoms with E-state index in [2.05, 4.69) is 16.9 Å². The minimum atomic E-state index is -0.773. The molecule has 7 heteroatoms. The summed E-state index contributed by atoms with van der Waals surface area (Å²) in [5.74, 6) is -1.91. The van der Waals surface area contributed by atoms with Gasteiger partial charge >= 0.3 is 0 Å². The van der Waals surface area contributed by atoms with Crippen LogP contribution in [0.3, 0.4) is 0 Å². The van der Waals surface area contributed by atoms with Gasteiger partial charge in [-0.15, -0.1) is 0 Å². The highest BCUT2D eigenvalue weighted by atomic mass is 19.1. The largest absolute Gasteiger partial charge is 0.488 e. The lowest BCUT2D eigenvalue weighted by molar-refractivity contribution is 0.222. The molecular weight excluding hydrogens is 340 g/mol. The fourth-order valence-electron chi connectivity index (χ4n) is 3.27. The molecular formula is C19H23F2N3O2. The number of aryl methyl sites for hydroxylation is 1. The van der Waals surface area contributed by atoms with Crippen molar-refractivity contribution in [3.8, 4) is 17.0 Å². The summed E-state index contributed by atoms with van der Waals surface area (Å²) in [5, 5.41) is 4.01. The summed E-state index contributed by atoms with van der Waals surface area (Å²) < 4.78 is 35.1. The van der Waals surface area contributed by atoms with Gasteiger partial charge in [-0.25, -0.2) is 13.5 Å². The molecule has 2 aromatic rings. The summed E-state index contributed by atoms with van der Waals surface area (Å²) in [7, 11) is 1.48. The Kier molecular flexibility index (Phi) is 5.66. The number of ether oxygens (including phenoxy) is 1. The molecule has 1 aromatic heterocycles. The lowest BCUT2D eigenvalue weighted by Crippen LogP contribution is -2.28. The van der Waals surface area contributed by atoms with Crippen LogP contribution in [0.15, 0.2) is 29.1 Å². The van der Waals surface area contributed by atoms with E-state index in [1.807, 2.05) is 0 Å². The number of aromatic nitrogens is 2. The Hall–Kier alpha value is -2.28. The number of benzene rings is 1. The van der Waals surface area contributed by atoms with E-state index in [9.17, 15) is 13.6 Å². The van der Waals surface area contributed by atoms with Crippen LogP contribution in [0, 0.1) is 11.6 Å². The maximum Gasteiger partial charge on any atom is 0.266 e. The van der Waals surface area contributed by atoms with E-state index in [4.69, 9.17) is 4.74 Å². The van der Waals surface area contributed by atoms with Crippen LogP contribution in [0.5, 0.6) is 5.75 Å². The lowest BCUT2D eigenvalue weighted by atomic mass is 10.1. The normalized spacial score (nSPS) is 17.6. The number of halogens is 2. The third-order valence-corrected chi connectivity index (χ3v) is 4.78. The molecule has 1 aliphatic rings. The van der Waals surface area contributed by atoms with Crippen LogP contribution in [-0.2, 0) is 7.05 Å². The number of hydrogen-bond donors (Lipinski definition) is 0. The van der Waals surface area contributed by atoms with Crippen molar-refractivity contribution >= 4 is 0 Å². The topological polar surface area (TPSA) is 47.4 Å². The highest BCUT2D eigenvalue weighted by Gasteiger charge is 2.19. The predicted molar refractivity (Wildman–Crippen MR) is 95.2 cm³/mol. The zero-order valence-electron chi connectivity index (χ0n) is 15.0. The molecule has 140 valence electrons. The zero-order valence-corrected chi connectivity index (χ0v) is 15.0. The quantitative estimate of drug-likeness (QED) is 0.741. The summed E-state index contributed by atoms with van der Waals surface area (Å²) in [4.78, 5) is 13.7. The Bertz CT molecular complexity index is 815. The maximum absolute atomic E-state index is 14.3. The first kappa shape index (κ1) is 18.5. The number of nitrogens with zero attached hydrogens (tertiary/aromatic N) is 3. The van der Waals surface area contributed by atoms with Gasteiger partial charge in [0.05, 0.1) is 12.3 Å². The highest BCUT2D eigenvalue weighted by molar-refractivity contribution is 5.60. The molecule has 0 aliphatic carbocycles. The Balaban J connectivity index is 1.65. The minimum absolute atomic E-state index is 0.258. The smallest absolute Gasteiger partial charge is 0.266 e. The first-order valence-electron chi connectivity index (χ1n) is 8.86. The fraction of sp³-hybridized carbons (Fsp3) is 0.474. The Morgan fingerprint density at radius 1 is 1.27 bits per heavy atom. The number of rotatable bonds is 6. The van der Waals surface area contributed by atoms with Gasteiger partial charge in [0.2, 0.25) is 0 Å². The Morgan fingerprint density at radius 2 is 2.00 bits per heavy atom. The fourth-order valence-corrected chi connectivity index (χ4v) is 3.27. The molecule has 0 N–H and O–H groups in total. The first-order valence-corrected chi connectivity index (χ1v) is 8.86. The van der Waals surface area contributed by atoms with Crippen molar-refractivity contribution in [1.29, 1.82) is 0 Å². The monoisotopic (exact) mass is 363 g/mol. The van der Waals surface area contributed by atoms with E-state index >= 15 is 0 Å². The second kappa shape index (κ2) is 7.95. The molecule has 0 saturated carbocycles. The molecule has 1 fully saturated rings. The van der Waals surface area contributed by atoms with Crippen LogP contribution in [0.4, 0.5) is 8.78 Å². The summed E-state index contributed by atoms with van der Waals surface area (Å²) >= 11 is 0. The third-order valence-electron chi connectivity index (χ3n) is 4.78. The molecule has 3 rings (SSSR count). The molecule has 1 atom stereocenters. The molecule has 0 bridgehead atoms. The van der Waals surface area contributed by atoms with Crippen molar-refractivity contribution in [3.05, 3.63) is 46.3 Å². The van der Waals surface area contributed by atoms with Crippen LogP contribution in [0.25, 0.3) is 11.3 Å². The van der Waals surface area contributed by atoms with Crippen LogP contribution in [0.1, 0.15) is 26.2 Å². The van der Waals surface area contributed by atoms with Gasteiger partial charge in [-0.2, -0.15) is 5.10 Å². The van der Waals surface area contributed by atoms with Crippen LogP contribution in [-0.4, -0.2) is 40.4 Å². The molecule has 1 aromatic carbocycles. The van der Waals surface area contributed by atoms with Crippen molar-refractivity contribution in [2.75, 3.05) is 19.7 Å². The second-order valence-electron chi connectivity index (χ2n) is 6.68. The van der Waals surface area contributed by atoms with E-state index < -0.39 is 11.6 Å². The van der Waals surface area contributed by atoms with Crippen molar-refractivity contribution in [2.24, 2.45) is 7.05 Å². The standard InChI is InChI=1S/C19H23F2N3O2/c1-13-5-3-8-24(13)9-4-10-26-19-15(20)11-14(12-16(19)21)17-6-7-18(25)23(2)22-17/h6-7,11-13H,3-5,8-10H2,1-2H3. The average molecular weight is 363 g/mol. The van der Waals surface area contributed by atoms with Crippen molar-refractivity contribution < 1.29 is 13.5 Å². The van der Waals surface area contributed by atoms with Crippen molar-refractivity contribution in [1.82, 2.24) is 14.7 Å². The van der Waals surface area contributed by atoms with Gasteiger partial charge in [-0.3, -0.25) is 4.79 Å². The molecule has 5 nitrogen and oxygen atoms in total. The SMILES string of the molecule is CC1CCCN1CCCOc1c(F)cc(-c2ccc(=O)n(C)n2)cc1F. The summed E-state index contributed by atoms with van der Waals surface area (Å²) in [6.45, 7) is 4.39. The zero-order chi connectivity index (χ0) is 18.7. The summed E-state index contributed by atoms with van der Waals surface area (Å²) in [6, 6.07) is 5.66. The van der Waals surface area contributed by atoms with E-state index in [0.717, 1.165) is 17.8 Å². The number of hydrogen-bond acceptors (Lipinski definition) is 4. The van der Waals surface area contributed by atoms with Crippen molar-refractivity contribution in [2.45, 2.75) is 32.2 Å². The van der Waals surface area contributed by atoms with Gasteiger partial charge in [0, 0.05) is 31.3 Å². The van der Waals surface area contributed by atoms with Gasteiger partial charge in [-0.1, -0.05) is 0 Å². The van der Waals surface area contributed by atoms with Crippen LogP contribution < -0.4 is 10.3 Å². The van der Waals surface area contributed by atoms with Gasteiger partial charge < -0.3 is 9.64 Å². The first-order chi connectivity index (χ1) is 12.5. The predicted octanol–water partition coefficient (Wildman–Crippen LogP) is 2.98. The van der Waals surface area contributed by atoms with Crippen LogP contribution in [0.2, 0.25) is 0 Å². The van der Waals surface area contributed by atoms with Gasteiger partial charge in [0.1, 0.15) is 0 Å². The third kappa shape index (κ3) is 4.09. The van der Waals surface area contributed by atoms with Gasteiger partial charge in [0.25, 0.3) is 5.56 Å². The lowest BCUT2D eigenvalue weighted by Gasteiger charge is -2.20. The molecule has 1 aliphatic heterocycles.